The van der Waals surface area contributed by atoms with Crippen LogP contribution >= 0.6 is 15.9 Å². The number of esters is 1. The van der Waals surface area contributed by atoms with Gasteiger partial charge in [0.15, 0.2) is 30.4 Å². The highest BCUT2D eigenvalue weighted by molar-refractivity contribution is 9.10. The Morgan fingerprint density at radius 1 is 1.02 bits per heavy atom. The molecule has 18 atom stereocenters. The van der Waals surface area contributed by atoms with Crippen molar-refractivity contribution in [3.8, 4) is 0 Å². The number of halogens is 1. The summed E-state index contributed by atoms with van der Waals surface area (Å²) in [5.41, 5.74) is 1.92. The van der Waals surface area contributed by atoms with Crippen molar-refractivity contribution in [1.82, 2.24) is 15.2 Å². The molecule has 19 heteroatoms. The van der Waals surface area contributed by atoms with Gasteiger partial charge < -0.3 is 57.7 Å². The minimum Gasteiger partial charge on any atom is -0.458 e. The van der Waals surface area contributed by atoms with E-state index in [-0.39, 0.29) is 36.9 Å². The number of hydrazine groups is 1. The average Bonchev–Trinajstić information content (AvgIpc) is 3.54. The standard InChI is InChI=1S/C46H75BrN4O14/c1-15-33-46(10)38(64-43(55)65-46)28(6)51(13)23-24(2)21-44(8,56)37(62-41-35(52)32(50(11)12)19-25(3)58-41)26(4)36(27(5)40(53)60-33)61-34-22-45(9,57-14)39(29(7)59-34)63-42(54)49-48-31-18-16-17-30(47)20-31/h16-18,20,24-29,32-39,41,48,52,56H,15,19,21-23H2,1-14H3,(H,49,54)/t24-,25-,26+,27-,28-,29+,32+,33-,34+,35-,36+,37-,38+,39+,41+,44-,45-,46-/m1/s1. The number of methoxy groups -OCH3 is 1. The lowest BCUT2D eigenvalue weighted by Gasteiger charge is -2.49. The van der Waals surface area contributed by atoms with Gasteiger partial charge in [-0.1, -0.05) is 42.8 Å². The van der Waals surface area contributed by atoms with Gasteiger partial charge in [0.05, 0.1) is 41.6 Å². The van der Waals surface area contributed by atoms with E-state index in [0.29, 0.717) is 25.1 Å². The van der Waals surface area contributed by atoms with Crippen molar-refractivity contribution in [3.05, 3.63) is 28.7 Å². The van der Waals surface area contributed by atoms with Gasteiger partial charge in [-0.15, -0.1) is 0 Å². The number of anilines is 1. The first-order chi connectivity index (χ1) is 30.3. The molecule has 4 N–H and O–H groups in total. The smallest absolute Gasteiger partial charge is 0.458 e. The third kappa shape index (κ3) is 12.3. The first kappa shape index (κ1) is 53.1. The van der Waals surface area contributed by atoms with Crippen LogP contribution < -0.4 is 10.9 Å². The minimum absolute atomic E-state index is 0.0517. The molecule has 0 unspecified atom stereocenters. The van der Waals surface area contributed by atoms with Gasteiger partial charge in [0.1, 0.15) is 17.8 Å². The zero-order chi connectivity index (χ0) is 48.3. The van der Waals surface area contributed by atoms with E-state index in [1.54, 1.807) is 46.8 Å². The molecule has 4 heterocycles. The van der Waals surface area contributed by atoms with Crippen LogP contribution in [0.25, 0.3) is 0 Å². The number of nitrogens with one attached hydrogen (secondary N) is 2. The predicted molar refractivity (Wildman–Crippen MR) is 242 cm³/mol. The van der Waals surface area contributed by atoms with Gasteiger partial charge in [-0.3, -0.25) is 15.1 Å². The molecular weight excluding hydrogens is 912 g/mol. The summed E-state index contributed by atoms with van der Waals surface area (Å²) >= 11 is 3.42. The predicted octanol–water partition coefficient (Wildman–Crippen LogP) is 5.61. The van der Waals surface area contributed by atoms with Gasteiger partial charge in [-0.05, 0) is 113 Å². The lowest BCUT2D eigenvalue weighted by molar-refractivity contribution is -0.317. The van der Waals surface area contributed by atoms with E-state index < -0.39 is 102 Å². The van der Waals surface area contributed by atoms with Crippen molar-refractivity contribution in [2.45, 2.75) is 185 Å². The number of aliphatic hydroxyl groups excluding tert-OH is 1. The second-order valence-electron chi connectivity index (χ2n) is 19.7. The van der Waals surface area contributed by atoms with Gasteiger partial charge in [0, 0.05) is 42.5 Å². The third-order valence-corrected chi connectivity index (χ3v) is 14.5. The molecule has 0 aliphatic carbocycles. The quantitative estimate of drug-likeness (QED) is 0.128. The van der Waals surface area contributed by atoms with Crippen LogP contribution in [0.4, 0.5) is 15.3 Å². The second kappa shape index (κ2) is 21.6. The molecule has 0 saturated carbocycles. The van der Waals surface area contributed by atoms with E-state index in [2.05, 4.69) is 26.8 Å². The number of hydrogen-bond acceptors (Lipinski definition) is 17. The molecule has 18 nitrogen and oxygen atoms in total. The molecule has 1 aromatic rings. The Balaban J connectivity index is 1.52. The van der Waals surface area contributed by atoms with Gasteiger partial charge in [0.2, 0.25) is 0 Å². The summed E-state index contributed by atoms with van der Waals surface area (Å²) in [7, 11) is 7.18. The Morgan fingerprint density at radius 2 is 1.71 bits per heavy atom. The van der Waals surface area contributed by atoms with Crippen LogP contribution in [0.2, 0.25) is 0 Å². The highest BCUT2D eigenvalue weighted by atomic mass is 79.9. The van der Waals surface area contributed by atoms with Crippen LogP contribution in [0.1, 0.15) is 94.9 Å². The number of rotatable bonds is 10. The summed E-state index contributed by atoms with van der Waals surface area (Å²) in [4.78, 5) is 44.7. The van der Waals surface area contributed by atoms with Crippen LogP contribution in [-0.4, -0.2) is 163 Å². The number of amides is 1. The molecule has 4 fully saturated rings. The monoisotopic (exact) mass is 986 g/mol. The van der Waals surface area contributed by atoms with Crippen molar-refractivity contribution in [2.75, 3.05) is 40.2 Å². The Bertz CT molecular complexity index is 1780. The maximum absolute atomic E-state index is 14.7. The molecule has 0 radical (unpaired) electrons. The maximum atomic E-state index is 14.7. The number of cyclic esters (lactones) is 1. The number of carbonyl (C=O) groups excluding carboxylic acids is 3. The number of fused-ring (bicyclic) bond motifs is 1. The van der Waals surface area contributed by atoms with Gasteiger partial charge in [-0.2, -0.15) is 0 Å². The number of nitrogens with zero attached hydrogens (tertiary/aromatic N) is 2. The lowest BCUT2D eigenvalue weighted by atomic mass is 9.77. The Hall–Kier alpha value is -2.85. The minimum atomic E-state index is -1.60. The summed E-state index contributed by atoms with van der Waals surface area (Å²) in [6, 6.07) is 6.55. The lowest BCUT2D eigenvalue weighted by Crippen LogP contribution is -2.61. The number of carbonyl (C=O) groups is 3. The molecule has 4 saturated heterocycles. The van der Waals surface area contributed by atoms with Gasteiger partial charge in [0.25, 0.3) is 0 Å². The number of ether oxygens (including phenoxy) is 9. The van der Waals surface area contributed by atoms with Crippen LogP contribution in [-0.2, 0) is 47.4 Å². The maximum Gasteiger partial charge on any atom is 0.509 e. The van der Waals surface area contributed by atoms with E-state index in [9.17, 15) is 24.6 Å². The van der Waals surface area contributed by atoms with E-state index >= 15 is 0 Å². The molecule has 0 bridgehead atoms. The first-order valence-corrected chi connectivity index (χ1v) is 23.7. The summed E-state index contributed by atoms with van der Waals surface area (Å²) in [6.07, 6.45) is -9.64. The van der Waals surface area contributed by atoms with Gasteiger partial charge >= 0.3 is 18.2 Å². The zero-order valence-electron chi connectivity index (χ0n) is 40.6. The summed E-state index contributed by atoms with van der Waals surface area (Å²) in [6.45, 7) is 18.6. The van der Waals surface area contributed by atoms with E-state index in [0.717, 1.165) is 4.47 Å². The molecule has 370 valence electrons. The molecule has 0 aromatic heterocycles. The Kier molecular flexibility index (Phi) is 17.7. The van der Waals surface area contributed by atoms with Gasteiger partial charge in [-0.25, -0.2) is 15.0 Å². The Morgan fingerprint density at radius 3 is 2.34 bits per heavy atom. The molecular formula is C46H75BrN4O14. The number of likely N-dealkylation sites (N-methyl/N-ethyl adjacent to an activating group) is 2. The molecule has 1 amide bonds. The fourth-order valence-corrected chi connectivity index (χ4v) is 10.8. The third-order valence-electron chi connectivity index (χ3n) is 14.0. The molecule has 5 rings (SSSR count). The molecule has 4 aliphatic heterocycles. The SMILES string of the molecule is CC[C@H]1OC(=O)[C@H](C)[C@@H](O[C@H]2C[C@@](C)(OC)[C@@H](OC(=O)NNc3cccc(Br)c3)[C@H](C)O2)[C@H](C)[C@@H](O[C@@H]2O[C@H](C)C[C@H](N(C)C)[C@H]2O)[C@](C)(O)C[C@@H](C)CN(C)[C@H](C)[C@@H]2OC(=O)O[C@]12C. The average molecular weight is 988 g/mol. The van der Waals surface area contributed by atoms with E-state index in [1.807, 2.05) is 77.7 Å². The normalized spacial score (nSPS) is 42.4. The van der Waals surface area contributed by atoms with Crippen molar-refractivity contribution < 1.29 is 67.2 Å². The number of benzene rings is 1. The first-order valence-electron chi connectivity index (χ1n) is 22.9. The second-order valence-corrected chi connectivity index (χ2v) is 20.6. The van der Waals surface area contributed by atoms with Crippen LogP contribution in [0.3, 0.4) is 0 Å². The van der Waals surface area contributed by atoms with Crippen molar-refractivity contribution in [2.24, 2.45) is 17.8 Å². The summed E-state index contributed by atoms with van der Waals surface area (Å²) in [5, 5.41) is 24.5. The largest absolute Gasteiger partial charge is 0.509 e. The van der Waals surface area contributed by atoms with Crippen LogP contribution in [0, 0.1) is 17.8 Å². The highest BCUT2D eigenvalue weighted by Gasteiger charge is 2.58. The summed E-state index contributed by atoms with van der Waals surface area (Å²) < 4.78 is 57.3. The fourth-order valence-electron chi connectivity index (χ4n) is 10.4. The van der Waals surface area contributed by atoms with E-state index in [4.69, 9.17) is 42.6 Å². The van der Waals surface area contributed by atoms with Crippen molar-refractivity contribution in [1.29, 1.82) is 0 Å². The highest BCUT2D eigenvalue weighted by Crippen LogP contribution is 2.42. The topological polar surface area (TPSA) is 205 Å². The number of aliphatic hydroxyl groups is 2. The van der Waals surface area contributed by atoms with Crippen LogP contribution in [0.5, 0.6) is 0 Å². The molecule has 4 aliphatic rings. The van der Waals surface area contributed by atoms with Crippen molar-refractivity contribution in [3.63, 3.8) is 0 Å². The van der Waals surface area contributed by atoms with Crippen LogP contribution in [0.15, 0.2) is 28.7 Å². The molecule has 65 heavy (non-hydrogen) atoms. The Labute approximate surface area is 393 Å². The van der Waals surface area contributed by atoms with E-state index in [1.165, 1.54) is 7.11 Å². The fraction of sp³-hybridized carbons (Fsp3) is 0.804. The van der Waals surface area contributed by atoms with Crippen molar-refractivity contribution >= 4 is 39.8 Å². The molecule has 1 aromatic carbocycles. The summed E-state index contributed by atoms with van der Waals surface area (Å²) in [5.74, 6) is -2.68. The number of hydrogen-bond donors (Lipinski definition) is 4. The molecule has 0 spiro atoms. The zero-order valence-corrected chi connectivity index (χ0v) is 42.2.